The summed E-state index contributed by atoms with van der Waals surface area (Å²) in [4.78, 5) is 36.2. The Morgan fingerprint density at radius 3 is 2.79 bits per heavy atom. The number of hydrogen-bond acceptors (Lipinski definition) is 6. The van der Waals surface area contributed by atoms with Gasteiger partial charge in [0.05, 0.1) is 18.5 Å². The van der Waals surface area contributed by atoms with Crippen LogP contribution in [0.5, 0.6) is 0 Å². The van der Waals surface area contributed by atoms with E-state index in [1.165, 1.54) is 36.3 Å². The van der Waals surface area contributed by atoms with Gasteiger partial charge in [0, 0.05) is 19.4 Å². The number of nitrogens with zero attached hydrogens (tertiary/aromatic N) is 4. The quantitative estimate of drug-likeness (QED) is 0.550. The van der Waals surface area contributed by atoms with E-state index in [9.17, 15) is 14.4 Å². The van der Waals surface area contributed by atoms with E-state index >= 15 is 0 Å². The minimum atomic E-state index is -1.20. The van der Waals surface area contributed by atoms with Crippen molar-refractivity contribution in [2.24, 2.45) is 7.05 Å². The van der Waals surface area contributed by atoms with Crippen molar-refractivity contribution in [2.45, 2.75) is 19.5 Å². The zero-order valence-electron chi connectivity index (χ0n) is 15.1. The summed E-state index contributed by atoms with van der Waals surface area (Å²) in [6.45, 7) is 1.67. The van der Waals surface area contributed by atoms with Crippen molar-refractivity contribution >= 4 is 23.5 Å². The van der Waals surface area contributed by atoms with Gasteiger partial charge in [-0.15, -0.1) is 0 Å². The van der Waals surface area contributed by atoms with E-state index in [2.05, 4.69) is 20.8 Å². The first kappa shape index (κ1) is 18.9. The average molecular weight is 386 g/mol. The molecule has 146 valence electrons. The third kappa shape index (κ3) is 3.92. The number of furan rings is 1. The number of aryl methyl sites for hydroxylation is 1. The second kappa shape index (κ2) is 7.78. The van der Waals surface area contributed by atoms with Gasteiger partial charge in [0.15, 0.2) is 5.69 Å². The van der Waals surface area contributed by atoms with Crippen LogP contribution in [-0.4, -0.2) is 42.5 Å². The molecule has 3 heterocycles. The topological polar surface area (TPSA) is 144 Å². The molecule has 0 saturated carbocycles. The standard InChI is InChI=1S/C17H18N6O5/c1-10(23-13(17(26)27)5-6-19-23)15(24)20-12-9-22(2)21-14(12)16(25)18-8-11-4-3-7-28-11/h3-7,9-10H,8H2,1-2H3,(H,18,25)(H,20,24)(H,26,27). The number of nitrogens with one attached hydrogen (secondary N) is 2. The number of carbonyl (C=O) groups excluding carboxylic acids is 2. The first-order valence-electron chi connectivity index (χ1n) is 8.28. The number of aromatic nitrogens is 4. The minimum absolute atomic E-state index is 0.0218. The summed E-state index contributed by atoms with van der Waals surface area (Å²) in [5.41, 5.74) is 0.0964. The summed E-state index contributed by atoms with van der Waals surface area (Å²) < 4.78 is 7.63. The molecule has 28 heavy (non-hydrogen) atoms. The highest BCUT2D eigenvalue weighted by Crippen LogP contribution is 2.17. The summed E-state index contributed by atoms with van der Waals surface area (Å²) in [6, 6.07) is 3.80. The maximum Gasteiger partial charge on any atom is 0.354 e. The average Bonchev–Trinajstić information content (AvgIpc) is 3.39. The van der Waals surface area contributed by atoms with Crippen molar-refractivity contribution in [3.63, 3.8) is 0 Å². The van der Waals surface area contributed by atoms with Crippen molar-refractivity contribution < 1.29 is 23.9 Å². The Bertz CT molecular complexity index is 1000. The first-order chi connectivity index (χ1) is 13.4. The molecule has 3 aromatic heterocycles. The maximum atomic E-state index is 12.6. The van der Waals surface area contributed by atoms with Gasteiger partial charge in [0.25, 0.3) is 5.91 Å². The number of carbonyl (C=O) groups is 3. The van der Waals surface area contributed by atoms with Gasteiger partial charge in [-0.05, 0) is 25.1 Å². The van der Waals surface area contributed by atoms with Crippen LogP contribution in [0.25, 0.3) is 0 Å². The molecule has 0 aliphatic heterocycles. The second-order valence-electron chi connectivity index (χ2n) is 5.96. The molecule has 0 aliphatic rings. The molecule has 1 atom stereocenters. The fraction of sp³-hybridized carbons (Fsp3) is 0.235. The molecule has 3 rings (SSSR count). The summed E-state index contributed by atoms with van der Waals surface area (Å²) in [6.07, 6.45) is 4.27. The second-order valence-corrected chi connectivity index (χ2v) is 5.96. The molecule has 11 nitrogen and oxygen atoms in total. The molecular formula is C17H18N6O5. The Hall–Kier alpha value is -3.89. The molecule has 2 amide bonds. The Balaban J connectivity index is 1.73. The van der Waals surface area contributed by atoms with Crippen molar-refractivity contribution in [3.05, 3.63) is 54.0 Å². The van der Waals surface area contributed by atoms with Gasteiger partial charge in [-0.3, -0.25) is 14.3 Å². The van der Waals surface area contributed by atoms with Crippen LogP contribution in [0, 0.1) is 0 Å². The van der Waals surface area contributed by atoms with Crippen LogP contribution < -0.4 is 10.6 Å². The molecule has 0 aromatic carbocycles. The zero-order valence-corrected chi connectivity index (χ0v) is 15.1. The predicted molar refractivity (Wildman–Crippen MR) is 95.6 cm³/mol. The third-order valence-electron chi connectivity index (χ3n) is 3.94. The lowest BCUT2D eigenvalue weighted by Crippen LogP contribution is -2.28. The van der Waals surface area contributed by atoms with Crippen LogP contribution in [-0.2, 0) is 18.4 Å². The molecule has 0 radical (unpaired) electrons. The van der Waals surface area contributed by atoms with Crippen LogP contribution >= 0.6 is 0 Å². The minimum Gasteiger partial charge on any atom is -0.477 e. The van der Waals surface area contributed by atoms with Crippen LogP contribution in [0.1, 0.15) is 39.7 Å². The molecule has 0 fully saturated rings. The largest absolute Gasteiger partial charge is 0.477 e. The van der Waals surface area contributed by atoms with Gasteiger partial charge < -0.3 is 20.2 Å². The lowest BCUT2D eigenvalue weighted by atomic mass is 10.2. The van der Waals surface area contributed by atoms with E-state index in [4.69, 9.17) is 9.52 Å². The lowest BCUT2D eigenvalue weighted by molar-refractivity contribution is -0.119. The Morgan fingerprint density at radius 1 is 1.32 bits per heavy atom. The summed E-state index contributed by atoms with van der Waals surface area (Å²) in [5, 5.41) is 22.4. The summed E-state index contributed by atoms with van der Waals surface area (Å²) in [7, 11) is 1.61. The number of amides is 2. The van der Waals surface area contributed by atoms with Crippen LogP contribution in [0.15, 0.2) is 41.3 Å². The highest BCUT2D eigenvalue weighted by Gasteiger charge is 2.24. The molecule has 0 aliphatic carbocycles. The highest BCUT2D eigenvalue weighted by atomic mass is 16.4. The van der Waals surface area contributed by atoms with Gasteiger partial charge in [0.1, 0.15) is 17.5 Å². The van der Waals surface area contributed by atoms with E-state index in [1.54, 1.807) is 19.2 Å². The smallest absolute Gasteiger partial charge is 0.354 e. The van der Waals surface area contributed by atoms with Crippen LogP contribution in [0.3, 0.4) is 0 Å². The summed E-state index contributed by atoms with van der Waals surface area (Å²) >= 11 is 0. The van der Waals surface area contributed by atoms with Crippen molar-refractivity contribution in [3.8, 4) is 0 Å². The molecule has 11 heteroatoms. The van der Waals surface area contributed by atoms with E-state index in [0.717, 1.165) is 4.68 Å². The van der Waals surface area contributed by atoms with Gasteiger partial charge >= 0.3 is 5.97 Å². The zero-order chi connectivity index (χ0) is 20.3. The number of anilines is 1. The Morgan fingerprint density at radius 2 is 2.11 bits per heavy atom. The Kier molecular flexibility index (Phi) is 5.25. The Labute approximate surface area is 158 Å². The fourth-order valence-electron chi connectivity index (χ4n) is 2.55. The normalized spacial score (nSPS) is 11.8. The van der Waals surface area contributed by atoms with Crippen molar-refractivity contribution in [2.75, 3.05) is 5.32 Å². The number of hydrogen-bond donors (Lipinski definition) is 3. The third-order valence-corrected chi connectivity index (χ3v) is 3.94. The molecule has 3 N–H and O–H groups in total. The van der Waals surface area contributed by atoms with E-state index in [0.29, 0.717) is 5.76 Å². The SMILES string of the molecule is CC(C(=O)Nc1cn(C)nc1C(=O)NCc1ccco1)n1nccc1C(=O)O. The molecule has 3 aromatic rings. The first-order valence-corrected chi connectivity index (χ1v) is 8.28. The van der Waals surface area contributed by atoms with E-state index < -0.39 is 23.8 Å². The van der Waals surface area contributed by atoms with Crippen molar-refractivity contribution in [1.29, 1.82) is 0 Å². The van der Waals surface area contributed by atoms with Crippen molar-refractivity contribution in [1.82, 2.24) is 24.9 Å². The molecule has 0 spiro atoms. The highest BCUT2D eigenvalue weighted by molar-refractivity contribution is 6.03. The van der Waals surface area contributed by atoms with E-state index in [1.807, 2.05) is 0 Å². The molecule has 1 unspecified atom stereocenters. The molecule has 0 bridgehead atoms. The maximum absolute atomic E-state index is 12.6. The van der Waals surface area contributed by atoms with E-state index in [-0.39, 0.29) is 23.6 Å². The number of rotatable bonds is 7. The number of aromatic carboxylic acids is 1. The number of carboxylic acids is 1. The van der Waals surface area contributed by atoms with Gasteiger partial charge in [-0.2, -0.15) is 10.2 Å². The van der Waals surface area contributed by atoms with Gasteiger partial charge in [-0.25, -0.2) is 9.48 Å². The lowest BCUT2D eigenvalue weighted by Gasteiger charge is -2.14. The monoisotopic (exact) mass is 386 g/mol. The van der Waals surface area contributed by atoms with Crippen LogP contribution in [0.4, 0.5) is 5.69 Å². The predicted octanol–water partition coefficient (Wildman–Crippen LogP) is 1.04. The van der Waals surface area contributed by atoms with Crippen LogP contribution in [0.2, 0.25) is 0 Å². The molecule has 0 saturated heterocycles. The summed E-state index contributed by atoms with van der Waals surface area (Å²) in [5.74, 6) is -1.66. The van der Waals surface area contributed by atoms with Gasteiger partial charge in [-0.1, -0.05) is 0 Å². The van der Waals surface area contributed by atoms with Gasteiger partial charge in [0.2, 0.25) is 5.91 Å². The number of carboxylic acid groups (broad SMARTS) is 1. The molecular weight excluding hydrogens is 368 g/mol. The fourth-order valence-corrected chi connectivity index (χ4v) is 2.55.